The molecule has 0 amide bonds. The summed E-state index contributed by atoms with van der Waals surface area (Å²) in [4.78, 5) is 14.6. The Bertz CT molecular complexity index is 1510. The van der Waals surface area contributed by atoms with E-state index in [1.165, 1.54) is 0 Å². The number of hydrogen-bond acceptors (Lipinski definition) is 3. The number of halogens is 5. The van der Waals surface area contributed by atoms with Crippen molar-refractivity contribution in [3.05, 3.63) is 82.4 Å². The molecule has 0 aromatic carbocycles. The lowest BCUT2D eigenvalue weighted by atomic mass is 9.85. The molecule has 5 unspecified atom stereocenters. The average Bonchev–Trinajstić information content (AvgIpc) is 3.63. The van der Waals surface area contributed by atoms with Crippen LogP contribution in [0.25, 0.3) is 12.2 Å². The van der Waals surface area contributed by atoms with Crippen LogP contribution in [0.1, 0.15) is 17.8 Å². The van der Waals surface area contributed by atoms with Gasteiger partial charge in [0.15, 0.2) is 14.9 Å². The van der Waals surface area contributed by atoms with Gasteiger partial charge in [0.2, 0.25) is 0 Å². The molecular formula is C26H22Cl5N5. The molecule has 4 aliphatic rings. The van der Waals surface area contributed by atoms with Crippen molar-refractivity contribution < 1.29 is 0 Å². The van der Waals surface area contributed by atoms with E-state index in [1.807, 2.05) is 55.7 Å². The summed E-state index contributed by atoms with van der Waals surface area (Å²) in [6, 6.07) is 7.88. The van der Waals surface area contributed by atoms with Crippen LogP contribution in [0.15, 0.2) is 70.3 Å². The summed E-state index contributed by atoms with van der Waals surface area (Å²) in [5, 5.41) is 0.445. The molecule has 0 aliphatic carbocycles. The van der Waals surface area contributed by atoms with E-state index in [0.717, 1.165) is 27.7 Å². The highest BCUT2D eigenvalue weighted by Crippen LogP contribution is 2.54. The first-order valence-corrected chi connectivity index (χ1v) is 13.5. The van der Waals surface area contributed by atoms with Gasteiger partial charge in [0.25, 0.3) is 0 Å². The number of fused-ring (bicyclic) bond motifs is 6. The fraction of sp³-hybridized carbons (Fsp3) is 0.308. The number of H-pyrrole nitrogens is 2. The summed E-state index contributed by atoms with van der Waals surface area (Å²) in [6.45, 7) is 0.684. The van der Waals surface area contributed by atoms with Crippen molar-refractivity contribution in [1.82, 2.24) is 14.9 Å². The molecule has 6 heterocycles. The first-order valence-electron chi connectivity index (χ1n) is 11.5. The summed E-state index contributed by atoms with van der Waals surface area (Å²) in [5.74, 6) is 0. The number of likely N-dealkylation sites (N-methyl/N-ethyl adjacent to an activating group) is 1. The summed E-state index contributed by atoms with van der Waals surface area (Å²) in [7, 11) is 1.99. The lowest BCUT2D eigenvalue weighted by Crippen LogP contribution is -2.44. The molecule has 0 saturated heterocycles. The number of alkyl halides is 5. The first-order chi connectivity index (χ1) is 17.1. The van der Waals surface area contributed by atoms with Crippen LogP contribution in [0, 0.1) is 0 Å². The van der Waals surface area contributed by atoms with Gasteiger partial charge in [-0.1, -0.05) is 29.3 Å². The Morgan fingerprint density at radius 3 is 2.50 bits per heavy atom. The molecule has 0 saturated carbocycles. The minimum Gasteiger partial charge on any atom is -0.377 e. The molecule has 36 heavy (non-hydrogen) atoms. The van der Waals surface area contributed by atoms with E-state index in [4.69, 9.17) is 68.0 Å². The number of aromatic nitrogens is 2. The van der Waals surface area contributed by atoms with Gasteiger partial charge in [-0.05, 0) is 66.4 Å². The molecule has 6 rings (SSSR count). The monoisotopic (exact) mass is 579 g/mol. The molecule has 5 atom stereocenters. The predicted molar refractivity (Wildman–Crippen MR) is 151 cm³/mol. The molecule has 186 valence electrons. The lowest BCUT2D eigenvalue weighted by molar-refractivity contribution is 0.486. The van der Waals surface area contributed by atoms with Crippen molar-refractivity contribution in [2.75, 3.05) is 13.6 Å². The number of hydrogen-bond donors (Lipinski definition) is 2. The predicted octanol–water partition coefficient (Wildman–Crippen LogP) is 4.73. The van der Waals surface area contributed by atoms with Gasteiger partial charge in [-0.15, -0.1) is 34.8 Å². The maximum absolute atomic E-state index is 7.54. The fourth-order valence-corrected chi connectivity index (χ4v) is 6.74. The van der Waals surface area contributed by atoms with Gasteiger partial charge in [0.1, 0.15) is 5.38 Å². The number of aliphatic imine (C=N–C) groups is 2. The van der Waals surface area contributed by atoms with E-state index in [2.05, 4.69) is 20.9 Å². The van der Waals surface area contributed by atoms with Crippen molar-refractivity contribution in [3.63, 3.8) is 0 Å². The van der Waals surface area contributed by atoms with Crippen LogP contribution in [0.2, 0.25) is 0 Å². The van der Waals surface area contributed by atoms with Gasteiger partial charge < -0.3 is 14.9 Å². The second kappa shape index (κ2) is 8.57. The van der Waals surface area contributed by atoms with E-state index >= 15 is 0 Å². The van der Waals surface area contributed by atoms with Gasteiger partial charge in [0, 0.05) is 47.8 Å². The van der Waals surface area contributed by atoms with E-state index in [1.54, 1.807) is 12.2 Å². The maximum atomic E-state index is 7.54. The molecule has 0 fully saturated rings. The van der Waals surface area contributed by atoms with Crippen molar-refractivity contribution in [1.29, 1.82) is 0 Å². The van der Waals surface area contributed by atoms with Crippen LogP contribution in [-0.2, 0) is 4.87 Å². The highest BCUT2D eigenvalue weighted by Gasteiger charge is 2.56. The number of allylic oxidation sites excluding steroid dienone is 2. The zero-order valence-electron chi connectivity index (χ0n) is 19.2. The van der Waals surface area contributed by atoms with Crippen LogP contribution in [-0.4, -0.2) is 60.6 Å². The van der Waals surface area contributed by atoms with Gasteiger partial charge in [-0.2, -0.15) is 0 Å². The summed E-state index contributed by atoms with van der Waals surface area (Å²) >= 11 is 35.5. The molecule has 0 spiro atoms. The molecule has 2 aromatic rings. The maximum Gasteiger partial charge on any atom is 0.181 e. The number of nitrogens with one attached hydrogen (secondary N) is 2. The normalized spacial score (nSPS) is 35.2. The number of nitrogens with zero attached hydrogens (tertiary/aromatic N) is 3. The zero-order valence-corrected chi connectivity index (χ0v) is 22.9. The van der Waals surface area contributed by atoms with Crippen LogP contribution in [0.3, 0.4) is 0 Å². The SMILES string of the molecule is CN1C=CC(C2(Cl)c3ccc([nH]3)C=c3ccc([nH]3)=CC3=NC(Cl)(C(Cl)C3)C(Cl)C3=NC2(Cl)C=C3)=CC1. The Kier molecular flexibility index (Phi) is 5.82. The highest BCUT2D eigenvalue weighted by atomic mass is 35.5. The third-order valence-corrected chi connectivity index (χ3v) is 10.1. The Balaban J connectivity index is 1.59. The molecule has 10 heteroatoms. The molecule has 2 aromatic heterocycles. The first kappa shape index (κ1) is 24.4. The third kappa shape index (κ3) is 3.74. The summed E-state index contributed by atoms with van der Waals surface area (Å²) < 4.78 is 0. The number of rotatable bonds is 1. The van der Waals surface area contributed by atoms with Crippen molar-refractivity contribution in [3.8, 4) is 0 Å². The zero-order chi connectivity index (χ0) is 25.3. The van der Waals surface area contributed by atoms with E-state index in [9.17, 15) is 0 Å². The largest absolute Gasteiger partial charge is 0.377 e. The molecule has 4 aliphatic heterocycles. The van der Waals surface area contributed by atoms with Crippen LogP contribution < -0.4 is 10.7 Å². The second-order valence-electron chi connectivity index (χ2n) is 9.47. The quantitative estimate of drug-likeness (QED) is 0.372. The molecule has 5 nitrogen and oxygen atoms in total. The standard InChI is InChI=1S/C26H22Cl5N5/c1-36-10-7-15(8-11-36)25(30)22-5-4-18(33-22)12-16-2-3-17(32-16)13-19-14-21(27)26(31,34-19)23(28)20-6-9-24(25,29)35-20/h2-10,12-13,21,23,32-33H,11,14H2,1H3. The Morgan fingerprint density at radius 2 is 1.75 bits per heavy atom. The summed E-state index contributed by atoms with van der Waals surface area (Å²) in [6.07, 6.45) is 13.9. The van der Waals surface area contributed by atoms with E-state index in [-0.39, 0.29) is 0 Å². The number of aromatic amines is 2. The molecule has 0 radical (unpaired) electrons. The Hall–Kier alpha value is -1.89. The second-order valence-corrected chi connectivity index (χ2v) is 12.2. The van der Waals surface area contributed by atoms with Crippen LogP contribution >= 0.6 is 58.0 Å². The lowest BCUT2D eigenvalue weighted by Gasteiger charge is -2.39. The van der Waals surface area contributed by atoms with Crippen LogP contribution in [0.5, 0.6) is 0 Å². The average molecular weight is 582 g/mol. The van der Waals surface area contributed by atoms with E-state index in [0.29, 0.717) is 24.4 Å². The van der Waals surface area contributed by atoms with Crippen molar-refractivity contribution in [2.45, 2.75) is 32.0 Å². The fourth-order valence-electron chi connectivity index (χ4n) is 4.99. The van der Waals surface area contributed by atoms with E-state index < -0.39 is 25.6 Å². The van der Waals surface area contributed by atoms with Crippen molar-refractivity contribution >= 4 is 81.6 Å². The smallest absolute Gasteiger partial charge is 0.181 e. The van der Waals surface area contributed by atoms with Gasteiger partial charge in [-0.25, -0.2) is 0 Å². The Labute approximate surface area is 233 Å². The molecular weight excluding hydrogens is 560 g/mol. The minimum absolute atomic E-state index is 0.472. The Morgan fingerprint density at radius 1 is 0.972 bits per heavy atom. The van der Waals surface area contributed by atoms with Gasteiger partial charge in [-0.3, -0.25) is 9.98 Å². The van der Waals surface area contributed by atoms with Crippen LogP contribution in [0.4, 0.5) is 0 Å². The summed E-state index contributed by atoms with van der Waals surface area (Å²) in [5.41, 5.74) is 3.63. The minimum atomic E-state index is -1.38. The topological polar surface area (TPSA) is 59.5 Å². The van der Waals surface area contributed by atoms with Gasteiger partial charge in [0.05, 0.1) is 11.1 Å². The third-order valence-electron chi connectivity index (χ3n) is 6.96. The molecule has 2 N–H and O–H groups in total. The molecule has 8 bridgehead atoms. The van der Waals surface area contributed by atoms with Crippen molar-refractivity contribution in [2.24, 2.45) is 9.98 Å². The van der Waals surface area contributed by atoms with Gasteiger partial charge >= 0.3 is 0 Å². The highest BCUT2D eigenvalue weighted by molar-refractivity contribution is 6.47.